The van der Waals surface area contributed by atoms with Gasteiger partial charge in [0.15, 0.2) is 0 Å². The van der Waals surface area contributed by atoms with E-state index < -0.39 is 16.5 Å². The molecule has 1 saturated heterocycles. The van der Waals surface area contributed by atoms with Crippen molar-refractivity contribution in [2.75, 3.05) is 39.3 Å². The van der Waals surface area contributed by atoms with Crippen LogP contribution in [-0.4, -0.2) is 80.5 Å². The molecule has 5 rings (SSSR count). The van der Waals surface area contributed by atoms with Crippen LogP contribution >= 0.6 is 0 Å². The van der Waals surface area contributed by atoms with Crippen LogP contribution in [0.2, 0.25) is 0 Å². The fourth-order valence-corrected chi connectivity index (χ4v) is 12.0. The molecule has 0 bridgehead atoms. The van der Waals surface area contributed by atoms with E-state index in [1.54, 1.807) is 0 Å². The summed E-state index contributed by atoms with van der Waals surface area (Å²) < 4.78 is 37.2. The van der Waals surface area contributed by atoms with Gasteiger partial charge in [-0.1, -0.05) is 34.6 Å². The SMILES string of the molecule is CC(C)[C@@H](CC[C@@H](C)C1CCC2C3C(CC[C@@]21C)[C@@]1(C)CC[C@H](NCCCN2CCCNCC2)CC1C[C@@H]3O)OS(=O)(=O)O. The molecule has 0 spiro atoms. The molecule has 1 aliphatic heterocycles. The quantitative estimate of drug-likeness (QED) is 0.163. The van der Waals surface area contributed by atoms with Gasteiger partial charge in [-0.15, -0.1) is 0 Å². The Labute approximate surface area is 269 Å². The number of hydrogen-bond acceptors (Lipinski definition) is 7. The van der Waals surface area contributed by atoms with Gasteiger partial charge in [0.25, 0.3) is 0 Å². The Bertz CT molecular complexity index is 1040. The Balaban J connectivity index is 1.15. The Kier molecular flexibility index (Phi) is 11.5. The number of rotatable bonds is 12. The predicted molar refractivity (Wildman–Crippen MR) is 177 cm³/mol. The maximum absolute atomic E-state index is 11.8. The summed E-state index contributed by atoms with van der Waals surface area (Å²) in [5.41, 5.74) is 0.563. The molecule has 256 valence electrons. The highest BCUT2D eigenvalue weighted by Gasteiger charge is 2.62. The standard InChI is InChI=1S/C35H65N3O5S/c1-24(2)32(43-44(40,41)42)11-8-25(3)28-9-10-29-33-30(13-15-35(28,29)5)34(4)14-12-27(22-26(34)23-31(33)39)37-17-7-20-38-19-6-16-36-18-21-38/h24-33,36-37,39H,6-23H2,1-5H3,(H,40,41,42)/t25-,26?,27+,28?,29?,30?,31+,32-,33?,34+,35-/m1/s1. The highest BCUT2D eigenvalue weighted by atomic mass is 32.3. The number of hydrogen-bond donors (Lipinski definition) is 4. The van der Waals surface area contributed by atoms with Crippen LogP contribution in [0.5, 0.6) is 0 Å². The predicted octanol–water partition coefficient (Wildman–Crippen LogP) is 5.52. The van der Waals surface area contributed by atoms with Gasteiger partial charge in [-0.3, -0.25) is 4.55 Å². The van der Waals surface area contributed by atoms with Crippen molar-refractivity contribution in [1.82, 2.24) is 15.5 Å². The average Bonchev–Trinajstić information content (AvgIpc) is 3.11. The van der Waals surface area contributed by atoms with Gasteiger partial charge in [-0.05, 0) is 155 Å². The third kappa shape index (κ3) is 7.71. The van der Waals surface area contributed by atoms with Crippen molar-refractivity contribution in [3.05, 3.63) is 0 Å². The number of nitrogens with one attached hydrogen (secondary N) is 2. The van der Waals surface area contributed by atoms with Gasteiger partial charge in [-0.2, -0.15) is 8.42 Å². The molecule has 5 aliphatic rings. The first-order valence-electron chi connectivity index (χ1n) is 18.3. The zero-order valence-corrected chi connectivity index (χ0v) is 29.3. The Morgan fingerprint density at radius 1 is 0.977 bits per heavy atom. The minimum atomic E-state index is -4.45. The molecule has 0 radical (unpaired) electrons. The molecule has 11 atom stereocenters. The lowest BCUT2D eigenvalue weighted by molar-refractivity contribution is -0.167. The summed E-state index contributed by atoms with van der Waals surface area (Å²) in [5.74, 6) is 3.26. The summed E-state index contributed by atoms with van der Waals surface area (Å²) in [6.45, 7) is 18.3. The van der Waals surface area contributed by atoms with E-state index >= 15 is 0 Å². The van der Waals surface area contributed by atoms with Gasteiger partial charge in [0.2, 0.25) is 0 Å². The van der Waals surface area contributed by atoms with E-state index in [-0.39, 0.29) is 17.4 Å². The molecule has 5 unspecified atom stereocenters. The zero-order chi connectivity index (χ0) is 31.7. The van der Waals surface area contributed by atoms with Crippen LogP contribution in [0.1, 0.15) is 112 Å². The molecule has 0 aromatic rings. The summed E-state index contributed by atoms with van der Waals surface area (Å²) in [4.78, 5) is 2.61. The Hall–Kier alpha value is -0.290. The van der Waals surface area contributed by atoms with Gasteiger partial charge in [0.1, 0.15) is 0 Å². The van der Waals surface area contributed by atoms with Crippen molar-refractivity contribution in [3.8, 4) is 0 Å². The van der Waals surface area contributed by atoms with Gasteiger partial charge < -0.3 is 20.6 Å². The van der Waals surface area contributed by atoms with Crippen molar-refractivity contribution < 1.29 is 22.3 Å². The van der Waals surface area contributed by atoms with Crippen LogP contribution in [0.15, 0.2) is 0 Å². The highest BCUT2D eigenvalue weighted by molar-refractivity contribution is 7.80. The van der Waals surface area contributed by atoms with E-state index in [0.717, 1.165) is 32.5 Å². The molecule has 44 heavy (non-hydrogen) atoms. The number of aliphatic hydroxyl groups excluding tert-OH is 1. The molecule has 1 heterocycles. The van der Waals surface area contributed by atoms with Crippen molar-refractivity contribution >= 4 is 10.4 Å². The molecule has 4 N–H and O–H groups in total. The van der Waals surface area contributed by atoms with Crippen LogP contribution in [-0.2, 0) is 14.6 Å². The lowest BCUT2D eigenvalue weighted by Gasteiger charge is -2.62. The second kappa shape index (κ2) is 14.4. The Morgan fingerprint density at radius 3 is 2.48 bits per heavy atom. The van der Waals surface area contributed by atoms with E-state index in [2.05, 4.69) is 36.3 Å². The second-order valence-electron chi connectivity index (χ2n) is 16.6. The van der Waals surface area contributed by atoms with Crippen molar-refractivity contribution in [2.45, 2.75) is 130 Å². The molecule has 4 saturated carbocycles. The first-order valence-corrected chi connectivity index (χ1v) is 19.7. The molecule has 8 nitrogen and oxygen atoms in total. The third-order valence-electron chi connectivity index (χ3n) is 13.9. The fourth-order valence-electron chi connectivity index (χ4n) is 11.4. The van der Waals surface area contributed by atoms with Crippen LogP contribution < -0.4 is 10.6 Å². The normalized spacial score (nSPS) is 41.4. The van der Waals surface area contributed by atoms with E-state index in [1.807, 2.05) is 13.8 Å². The third-order valence-corrected chi connectivity index (χ3v) is 14.3. The number of fused-ring (bicyclic) bond motifs is 5. The van der Waals surface area contributed by atoms with Crippen LogP contribution in [0, 0.1) is 52.3 Å². The summed E-state index contributed by atoms with van der Waals surface area (Å²) >= 11 is 0. The minimum Gasteiger partial charge on any atom is -0.393 e. The smallest absolute Gasteiger partial charge is 0.393 e. The molecule has 9 heteroatoms. The molecular weight excluding hydrogens is 574 g/mol. The van der Waals surface area contributed by atoms with Crippen molar-refractivity contribution in [3.63, 3.8) is 0 Å². The summed E-state index contributed by atoms with van der Waals surface area (Å²) in [6.07, 6.45) is 12.9. The molecule has 0 amide bonds. The molecule has 0 aromatic carbocycles. The number of nitrogens with zero attached hydrogens (tertiary/aromatic N) is 1. The van der Waals surface area contributed by atoms with Gasteiger partial charge in [0.05, 0.1) is 12.2 Å². The second-order valence-corrected chi connectivity index (χ2v) is 17.7. The monoisotopic (exact) mass is 639 g/mol. The average molecular weight is 640 g/mol. The maximum atomic E-state index is 11.8. The van der Waals surface area contributed by atoms with Gasteiger partial charge in [-0.25, -0.2) is 4.18 Å². The van der Waals surface area contributed by atoms with E-state index in [0.29, 0.717) is 53.4 Å². The topological polar surface area (TPSA) is 111 Å². The van der Waals surface area contributed by atoms with Crippen LogP contribution in [0.25, 0.3) is 0 Å². The highest BCUT2D eigenvalue weighted by Crippen LogP contribution is 2.68. The van der Waals surface area contributed by atoms with E-state index in [1.165, 1.54) is 77.4 Å². The number of aliphatic hydroxyl groups is 1. The Morgan fingerprint density at radius 2 is 1.73 bits per heavy atom. The zero-order valence-electron chi connectivity index (χ0n) is 28.5. The lowest BCUT2D eigenvalue weighted by Crippen LogP contribution is -2.59. The summed E-state index contributed by atoms with van der Waals surface area (Å²) in [5, 5.41) is 19.3. The summed E-state index contributed by atoms with van der Waals surface area (Å²) in [7, 11) is -4.45. The van der Waals surface area contributed by atoms with E-state index in [9.17, 15) is 18.1 Å². The van der Waals surface area contributed by atoms with E-state index in [4.69, 9.17) is 4.18 Å². The molecule has 5 fully saturated rings. The first kappa shape index (κ1) is 35.0. The lowest BCUT2D eigenvalue weighted by atomic mass is 9.43. The van der Waals surface area contributed by atoms with Crippen molar-refractivity contribution in [2.24, 2.45) is 52.3 Å². The fraction of sp³-hybridized carbons (Fsp3) is 1.00. The van der Waals surface area contributed by atoms with Gasteiger partial charge in [0, 0.05) is 19.1 Å². The maximum Gasteiger partial charge on any atom is 0.397 e. The largest absolute Gasteiger partial charge is 0.397 e. The van der Waals surface area contributed by atoms with Crippen LogP contribution in [0.4, 0.5) is 0 Å². The molecule has 0 aromatic heterocycles. The molecule has 4 aliphatic carbocycles. The van der Waals surface area contributed by atoms with Gasteiger partial charge >= 0.3 is 10.4 Å². The molecular formula is C35H65N3O5S. The summed E-state index contributed by atoms with van der Waals surface area (Å²) in [6, 6.07) is 0.590. The minimum absolute atomic E-state index is 0.0183. The first-order chi connectivity index (χ1) is 20.8. The van der Waals surface area contributed by atoms with Crippen LogP contribution in [0.3, 0.4) is 0 Å². The van der Waals surface area contributed by atoms with Crippen molar-refractivity contribution in [1.29, 1.82) is 0 Å².